The molecule has 8 bridgehead atoms. The third kappa shape index (κ3) is 3.92. The Labute approximate surface area is 220 Å². The molecular formula is C31H42N4O2. The van der Waals surface area contributed by atoms with Crippen molar-refractivity contribution in [2.45, 2.75) is 107 Å². The van der Waals surface area contributed by atoms with Crippen molar-refractivity contribution >= 4 is 11.9 Å². The van der Waals surface area contributed by atoms with Gasteiger partial charge in [0.25, 0.3) is 0 Å². The highest BCUT2D eigenvalue weighted by Crippen LogP contribution is 2.58. The molecule has 1 heterocycles. The van der Waals surface area contributed by atoms with E-state index in [4.69, 9.17) is 0 Å². The number of carbonyl (C=O) groups is 2. The Morgan fingerprint density at radius 1 is 0.703 bits per heavy atom. The first-order valence-corrected chi connectivity index (χ1v) is 15.1. The fourth-order valence-electron chi connectivity index (χ4n) is 11.3. The molecule has 6 heteroatoms. The van der Waals surface area contributed by atoms with Crippen LogP contribution in [0.3, 0.4) is 0 Å². The molecule has 8 aliphatic carbocycles. The molecule has 8 fully saturated rings. The lowest BCUT2D eigenvalue weighted by Crippen LogP contribution is -2.71. The number of fused-ring (bicyclic) bond motifs is 1. The highest BCUT2D eigenvalue weighted by atomic mass is 16.2. The molecule has 0 saturated heterocycles. The predicted molar refractivity (Wildman–Crippen MR) is 141 cm³/mol. The summed E-state index contributed by atoms with van der Waals surface area (Å²) < 4.78 is 0. The summed E-state index contributed by atoms with van der Waals surface area (Å²) >= 11 is 0. The monoisotopic (exact) mass is 502 g/mol. The molecule has 10 rings (SSSR count). The molecule has 1 aliphatic heterocycles. The lowest BCUT2D eigenvalue weighted by atomic mass is 9.50. The normalized spacial score (nSPS) is 44.2. The number of nitrogens with one attached hydrogen (secondary N) is 3. The van der Waals surface area contributed by atoms with Crippen molar-refractivity contribution in [3.8, 4) is 0 Å². The van der Waals surface area contributed by atoms with Crippen molar-refractivity contribution in [2.24, 2.45) is 29.6 Å². The molecule has 3 amide bonds. The first kappa shape index (κ1) is 22.9. The van der Waals surface area contributed by atoms with Crippen molar-refractivity contribution in [1.29, 1.82) is 0 Å². The zero-order valence-electron chi connectivity index (χ0n) is 22.1. The predicted octanol–water partition coefficient (Wildman–Crippen LogP) is 4.48. The Balaban J connectivity index is 0.933. The van der Waals surface area contributed by atoms with Crippen LogP contribution in [0.4, 0.5) is 4.79 Å². The smallest absolute Gasteiger partial charge is 0.315 e. The van der Waals surface area contributed by atoms with Crippen LogP contribution in [0.1, 0.15) is 88.2 Å². The van der Waals surface area contributed by atoms with Crippen LogP contribution in [-0.4, -0.2) is 40.0 Å². The summed E-state index contributed by atoms with van der Waals surface area (Å²) in [6, 6.07) is 8.49. The molecule has 0 radical (unpaired) electrons. The van der Waals surface area contributed by atoms with Crippen molar-refractivity contribution in [3.63, 3.8) is 0 Å². The molecule has 37 heavy (non-hydrogen) atoms. The van der Waals surface area contributed by atoms with Gasteiger partial charge in [-0.25, -0.2) is 4.79 Å². The molecule has 3 N–H and O–H groups in total. The number of rotatable bonds is 5. The third-order valence-corrected chi connectivity index (χ3v) is 11.7. The molecule has 6 nitrogen and oxygen atoms in total. The summed E-state index contributed by atoms with van der Waals surface area (Å²) in [6.07, 6.45) is 14.5. The molecule has 9 aliphatic rings. The quantitative estimate of drug-likeness (QED) is 0.556. The number of benzene rings is 1. The van der Waals surface area contributed by atoms with Gasteiger partial charge in [0.2, 0.25) is 5.91 Å². The minimum absolute atomic E-state index is 0.0136. The van der Waals surface area contributed by atoms with Crippen LogP contribution in [0, 0.1) is 29.6 Å². The molecule has 1 aromatic carbocycles. The summed E-state index contributed by atoms with van der Waals surface area (Å²) in [5.74, 6) is 4.01. The fraction of sp³-hybridized carbons (Fsp3) is 0.742. The molecule has 0 aromatic heterocycles. The van der Waals surface area contributed by atoms with E-state index in [1.807, 2.05) is 4.90 Å². The average Bonchev–Trinajstić information content (AvgIpc) is 3.24. The molecular weight excluding hydrogens is 460 g/mol. The Morgan fingerprint density at radius 2 is 1.19 bits per heavy atom. The summed E-state index contributed by atoms with van der Waals surface area (Å²) in [7, 11) is 0. The lowest BCUT2D eigenvalue weighted by Gasteiger charge is -2.62. The van der Waals surface area contributed by atoms with Crippen LogP contribution in [-0.2, 0) is 17.9 Å². The van der Waals surface area contributed by atoms with Crippen LogP contribution in [0.25, 0.3) is 0 Å². The molecule has 0 spiro atoms. The first-order chi connectivity index (χ1) is 17.9. The van der Waals surface area contributed by atoms with Gasteiger partial charge < -0.3 is 20.9 Å². The minimum Gasteiger partial charge on any atom is -0.333 e. The summed E-state index contributed by atoms with van der Waals surface area (Å²) in [6.45, 7) is 1.86. The second kappa shape index (κ2) is 7.97. The summed E-state index contributed by atoms with van der Waals surface area (Å²) in [5, 5.41) is 11.0. The standard InChI is InChI=1S/C31H42N4O2/c36-27(35-17-25-3-1-2-4-26(25)18-35)16-32-30-12-23-8-24(13-30)15-31(14-23,19-30)34-28(37)33-29-9-20-5-21(10-29)7-22(6-20)11-29/h1-4,20-24,32H,5-19H2,(H2,33,34,37). The number of amides is 3. The van der Waals surface area contributed by atoms with E-state index in [2.05, 4.69) is 40.2 Å². The molecule has 198 valence electrons. The second-order valence-electron chi connectivity index (χ2n) is 14.7. The lowest BCUT2D eigenvalue weighted by molar-refractivity contribution is -0.132. The van der Waals surface area contributed by atoms with Gasteiger partial charge in [0.15, 0.2) is 0 Å². The van der Waals surface area contributed by atoms with Crippen LogP contribution in [0.5, 0.6) is 0 Å². The van der Waals surface area contributed by atoms with E-state index in [1.165, 1.54) is 56.1 Å². The molecule has 8 saturated carbocycles. The van der Waals surface area contributed by atoms with Crippen molar-refractivity contribution < 1.29 is 9.59 Å². The van der Waals surface area contributed by atoms with Gasteiger partial charge in [0.1, 0.15) is 0 Å². The SMILES string of the molecule is O=C(NC12CC3CC(CC(C3)C1)C2)NC12CC3CC(CC(NCC(=O)N4Cc5ccccc5C4)(C3)C1)C2. The fourth-order valence-corrected chi connectivity index (χ4v) is 11.3. The van der Waals surface area contributed by atoms with Crippen molar-refractivity contribution in [3.05, 3.63) is 35.4 Å². The van der Waals surface area contributed by atoms with E-state index in [0.29, 0.717) is 18.4 Å². The van der Waals surface area contributed by atoms with Gasteiger partial charge in [-0.15, -0.1) is 0 Å². The van der Waals surface area contributed by atoms with Crippen molar-refractivity contribution in [1.82, 2.24) is 20.9 Å². The van der Waals surface area contributed by atoms with E-state index >= 15 is 0 Å². The largest absolute Gasteiger partial charge is 0.333 e. The maximum Gasteiger partial charge on any atom is 0.315 e. The van der Waals surface area contributed by atoms with E-state index in [1.54, 1.807) is 0 Å². The third-order valence-electron chi connectivity index (χ3n) is 11.7. The topological polar surface area (TPSA) is 73.5 Å². The van der Waals surface area contributed by atoms with E-state index in [-0.39, 0.29) is 28.6 Å². The average molecular weight is 503 g/mol. The van der Waals surface area contributed by atoms with Crippen LogP contribution < -0.4 is 16.0 Å². The van der Waals surface area contributed by atoms with Crippen molar-refractivity contribution in [2.75, 3.05) is 6.54 Å². The first-order valence-electron chi connectivity index (χ1n) is 15.1. The minimum atomic E-state index is -0.115. The van der Waals surface area contributed by atoms with E-state index < -0.39 is 0 Å². The maximum atomic E-state index is 13.6. The number of nitrogens with zero attached hydrogens (tertiary/aromatic N) is 1. The van der Waals surface area contributed by atoms with Gasteiger partial charge >= 0.3 is 6.03 Å². The number of urea groups is 1. The maximum absolute atomic E-state index is 13.6. The van der Waals surface area contributed by atoms with Gasteiger partial charge in [-0.05, 0) is 118 Å². The molecule has 2 unspecified atom stereocenters. The van der Waals surface area contributed by atoms with Crippen LogP contribution in [0.15, 0.2) is 24.3 Å². The van der Waals surface area contributed by atoms with Crippen LogP contribution >= 0.6 is 0 Å². The zero-order chi connectivity index (χ0) is 24.8. The van der Waals surface area contributed by atoms with E-state index in [9.17, 15) is 9.59 Å². The number of hydrogen-bond acceptors (Lipinski definition) is 3. The summed E-state index contributed by atoms with van der Waals surface area (Å²) in [4.78, 5) is 28.8. The Kier molecular flexibility index (Phi) is 4.92. The Hall–Kier alpha value is -2.08. The zero-order valence-corrected chi connectivity index (χ0v) is 22.1. The highest BCUT2D eigenvalue weighted by Gasteiger charge is 2.59. The molecule has 1 aromatic rings. The van der Waals surface area contributed by atoms with Gasteiger partial charge in [0.05, 0.1) is 6.54 Å². The molecule has 2 atom stereocenters. The van der Waals surface area contributed by atoms with Gasteiger partial charge in [-0.1, -0.05) is 24.3 Å². The Bertz CT molecular complexity index is 1060. The Morgan fingerprint density at radius 3 is 1.78 bits per heavy atom. The van der Waals surface area contributed by atoms with Crippen LogP contribution in [0.2, 0.25) is 0 Å². The van der Waals surface area contributed by atoms with Gasteiger partial charge in [-0.3, -0.25) is 4.79 Å². The summed E-state index contributed by atoms with van der Waals surface area (Å²) in [5.41, 5.74) is 2.48. The van der Waals surface area contributed by atoms with Gasteiger partial charge in [-0.2, -0.15) is 0 Å². The highest BCUT2D eigenvalue weighted by molar-refractivity contribution is 5.79. The second-order valence-corrected chi connectivity index (χ2v) is 14.7. The number of hydrogen-bond donors (Lipinski definition) is 3. The van der Waals surface area contributed by atoms with Gasteiger partial charge in [0, 0.05) is 29.7 Å². The number of carbonyl (C=O) groups excluding carboxylic acids is 2. The van der Waals surface area contributed by atoms with E-state index in [0.717, 1.165) is 62.9 Å².